The maximum absolute atomic E-state index is 11.3. The van der Waals surface area contributed by atoms with Gasteiger partial charge in [0, 0.05) is 25.0 Å². The highest BCUT2D eigenvalue weighted by Gasteiger charge is 2.16. The van der Waals surface area contributed by atoms with Crippen molar-refractivity contribution in [2.75, 3.05) is 13.1 Å². The first-order chi connectivity index (χ1) is 7.58. The SMILES string of the molecule is CC(=O)N1CCc2cc(C)c(Cl)cc2CC1. The summed E-state index contributed by atoms with van der Waals surface area (Å²) in [5.74, 6) is 0.163. The van der Waals surface area contributed by atoms with Gasteiger partial charge in [-0.1, -0.05) is 17.7 Å². The Balaban J connectivity index is 2.27. The third-order valence-electron chi connectivity index (χ3n) is 3.23. The maximum atomic E-state index is 11.3. The van der Waals surface area contributed by atoms with Crippen LogP contribution in [0.3, 0.4) is 0 Å². The molecule has 86 valence electrons. The Hall–Kier alpha value is -1.02. The summed E-state index contributed by atoms with van der Waals surface area (Å²) in [5.41, 5.74) is 3.75. The quantitative estimate of drug-likeness (QED) is 0.679. The van der Waals surface area contributed by atoms with Crippen molar-refractivity contribution in [2.24, 2.45) is 0 Å². The molecule has 3 heteroatoms. The van der Waals surface area contributed by atoms with Crippen LogP contribution in [0, 0.1) is 6.92 Å². The maximum Gasteiger partial charge on any atom is 0.219 e. The zero-order chi connectivity index (χ0) is 11.7. The van der Waals surface area contributed by atoms with E-state index in [2.05, 4.69) is 12.1 Å². The number of nitrogens with zero attached hydrogens (tertiary/aromatic N) is 1. The van der Waals surface area contributed by atoms with Crippen molar-refractivity contribution in [1.82, 2.24) is 4.90 Å². The van der Waals surface area contributed by atoms with E-state index in [1.54, 1.807) is 6.92 Å². The van der Waals surface area contributed by atoms with Crippen molar-refractivity contribution in [3.05, 3.63) is 33.8 Å². The zero-order valence-corrected chi connectivity index (χ0v) is 10.5. The van der Waals surface area contributed by atoms with Crippen LogP contribution >= 0.6 is 11.6 Å². The average Bonchev–Trinajstić information content (AvgIpc) is 2.41. The first-order valence-electron chi connectivity index (χ1n) is 5.61. The lowest BCUT2D eigenvalue weighted by Gasteiger charge is -2.17. The number of fused-ring (bicyclic) bond motifs is 1. The normalized spacial score (nSPS) is 15.6. The molecule has 2 nitrogen and oxygen atoms in total. The summed E-state index contributed by atoms with van der Waals surface area (Å²) in [6.45, 7) is 5.29. The van der Waals surface area contributed by atoms with E-state index in [-0.39, 0.29) is 5.91 Å². The van der Waals surface area contributed by atoms with Crippen LogP contribution in [0.1, 0.15) is 23.6 Å². The molecule has 0 aliphatic carbocycles. The standard InChI is InChI=1S/C13H16ClNO/c1-9-7-11-3-5-15(10(2)16)6-4-12(11)8-13(9)14/h7-8H,3-6H2,1-2H3. The van der Waals surface area contributed by atoms with E-state index in [0.717, 1.165) is 36.5 Å². The fraction of sp³-hybridized carbons (Fsp3) is 0.462. The van der Waals surface area contributed by atoms with Crippen LogP contribution in [0.2, 0.25) is 5.02 Å². The minimum Gasteiger partial charge on any atom is -0.342 e. The van der Waals surface area contributed by atoms with Crippen molar-refractivity contribution in [3.63, 3.8) is 0 Å². The number of hydrogen-bond donors (Lipinski definition) is 0. The highest BCUT2D eigenvalue weighted by atomic mass is 35.5. The van der Waals surface area contributed by atoms with E-state index in [0.29, 0.717) is 0 Å². The Morgan fingerprint density at radius 1 is 1.25 bits per heavy atom. The fourth-order valence-corrected chi connectivity index (χ4v) is 2.37. The molecule has 1 aliphatic rings. The summed E-state index contributed by atoms with van der Waals surface area (Å²) in [5, 5.41) is 0.829. The molecule has 0 spiro atoms. The topological polar surface area (TPSA) is 20.3 Å². The highest BCUT2D eigenvalue weighted by molar-refractivity contribution is 6.31. The Kier molecular flexibility index (Phi) is 3.20. The van der Waals surface area contributed by atoms with Gasteiger partial charge in [-0.3, -0.25) is 4.79 Å². The zero-order valence-electron chi connectivity index (χ0n) is 9.72. The Morgan fingerprint density at radius 2 is 1.81 bits per heavy atom. The molecule has 1 heterocycles. The van der Waals surface area contributed by atoms with E-state index in [9.17, 15) is 4.79 Å². The second-order valence-corrected chi connectivity index (χ2v) is 4.78. The molecule has 0 saturated carbocycles. The molecule has 0 atom stereocenters. The number of hydrogen-bond acceptors (Lipinski definition) is 1. The number of amides is 1. The van der Waals surface area contributed by atoms with Crippen molar-refractivity contribution < 1.29 is 4.79 Å². The summed E-state index contributed by atoms with van der Waals surface area (Å²) in [6.07, 6.45) is 1.85. The first-order valence-corrected chi connectivity index (χ1v) is 5.99. The van der Waals surface area contributed by atoms with Gasteiger partial charge in [-0.05, 0) is 42.5 Å². The van der Waals surface area contributed by atoms with E-state index < -0.39 is 0 Å². The summed E-state index contributed by atoms with van der Waals surface area (Å²) in [4.78, 5) is 13.2. The largest absolute Gasteiger partial charge is 0.342 e. The van der Waals surface area contributed by atoms with E-state index in [4.69, 9.17) is 11.6 Å². The summed E-state index contributed by atoms with van der Waals surface area (Å²) >= 11 is 6.12. The monoisotopic (exact) mass is 237 g/mol. The third kappa shape index (κ3) is 2.22. The molecule has 0 N–H and O–H groups in total. The molecule has 16 heavy (non-hydrogen) atoms. The molecular formula is C13H16ClNO. The van der Waals surface area contributed by atoms with Gasteiger partial charge in [0.1, 0.15) is 0 Å². The number of halogens is 1. The van der Waals surface area contributed by atoms with Crippen LogP contribution in [0.25, 0.3) is 0 Å². The first kappa shape index (κ1) is 11.5. The Morgan fingerprint density at radius 3 is 2.38 bits per heavy atom. The van der Waals surface area contributed by atoms with Crippen molar-refractivity contribution >= 4 is 17.5 Å². The van der Waals surface area contributed by atoms with Gasteiger partial charge < -0.3 is 4.90 Å². The van der Waals surface area contributed by atoms with Gasteiger partial charge >= 0.3 is 0 Å². The predicted octanol–water partition coefficient (Wildman–Crippen LogP) is 2.60. The van der Waals surface area contributed by atoms with Gasteiger partial charge in [0.2, 0.25) is 5.91 Å². The van der Waals surface area contributed by atoms with Crippen LogP contribution in [0.5, 0.6) is 0 Å². The number of carbonyl (C=O) groups is 1. The molecule has 0 unspecified atom stereocenters. The lowest BCUT2D eigenvalue weighted by Crippen LogP contribution is -2.30. The van der Waals surface area contributed by atoms with Gasteiger partial charge in [-0.25, -0.2) is 0 Å². The minimum atomic E-state index is 0.163. The number of carbonyl (C=O) groups excluding carboxylic acids is 1. The molecule has 1 aromatic rings. The van der Waals surface area contributed by atoms with E-state index >= 15 is 0 Å². The molecule has 0 fully saturated rings. The molecule has 0 bridgehead atoms. The van der Waals surface area contributed by atoms with Crippen LogP contribution in [0.4, 0.5) is 0 Å². The number of rotatable bonds is 0. The van der Waals surface area contributed by atoms with Gasteiger partial charge in [0.25, 0.3) is 0 Å². The molecule has 0 saturated heterocycles. The smallest absolute Gasteiger partial charge is 0.219 e. The molecular weight excluding hydrogens is 222 g/mol. The van der Waals surface area contributed by atoms with Crippen molar-refractivity contribution in [3.8, 4) is 0 Å². The van der Waals surface area contributed by atoms with Crippen LogP contribution < -0.4 is 0 Å². The lowest BCUT2D eigenvalue weighted by atomic mass is 10.0. The Bertz CT molecular complexity index is 395. The molecule has 0 radical (unpaired) electrons. The van der Waals surface area contributed by atoms with Crippen LogP contribution in [0.15, 0.2) is 12.1 Å². The Labute approximate surface area is 101 Å². The fourth-order valence-electron chi connectivity index (χ4n) is 2.19. The molecule has 0 aromatic heterocycles. The summed E-state index contributed by atoms with van der Waals surface area (Å²) in [7, 11) is 0. The van der Waals surface area contributed by atoms with Gasteiger partial charge in [0.05, 0.1) is 0 Å². The van der Waals surface area contributed by atoms with Crippen molar-refractivity contribution in [2.45, 2.75) is 26.7 Å². The second-order valence-electron chi connectivity index (χ2n) is 4.38. The molecule has 2 rings (SSSR count). The van der Waals surface area contributed by atoms with Crippen LogP contribution in [-0.2, 0) is 17.6 Å². The van der Waals surface area contributed by atoms with Crippen LogP contribution in [-0.4, -0.2) is 23.9 Å². The molecule has 1 aliphatic heterocycles. The minimum absolute atomic E-state index is 0.163. The number of benzene rings is 1. The van der Waals surface area contributed by atoms with Gasteiger partial charge in [-0.15, -0.1) is 0 Å². The van der Waals surface area contributed by atoms with Gasteiger partial charge in [0.15, 0.2) is 0 Å². The number of aryl methyl sites for hydroxylation is 1. The third-order valence-corrected chi connectivity index (χ3v) is 3.64. The van der Waals surface area contributed by atoms with Crippen molar-refractivity contribution in [1.29, 1.82) is 0 Å². The predicted molar refractivity (Wildman–Crippen MR) is 65.9 cm³/mol. The molecule has 1 aromatic carbocycles. The highest BCUT2D eigenvalue weighted by Crippen LogP contribution is 2.24. The molecule has 1 amide bonds. The van der Waals surface area contributed by atoms with E-state index in [1.165, 1.54) is 11.1 Å². The second kappa shape index (κ2) is 4.46. The summed E-state index contributed by atoms with van der Waals surface area (Å²) in [6, 6.07) is 4.21. The average molecular weight is 238 g/mol. The summed E-state index contributed by atoms with van der Waals surface area (Å²) < 4.78 is 0. The van der Waals surface area contributed by atoms with E-state index in [1.807, 2.05) is 11.8 Å². The van der Waals surface area contributed by atoms with Gasteiger partial charge in [-0.2, -0.15) is 0 Å². The lowest BCUT2D eigenvalue weighted by molar-refractivity contribution is -0.128.